The maximum absolute atomic E-state index is 11.9. The Hall–Kier alpha value is -4.62. The van der Waals surface area contributed by atoms with Gasteiger partial charge in [0.2, 0.25) is 5.91 Å². The van der Waals surface area contributed by atoms with Crippen molar-refractivity contribution in [2.75, 3.05) is 24.7 Å². The number of fused-ring (bicyclic) bond motifs is 1. The predicted octanol–water partition coefficient (Wildman–Crippen LogP) is 2.50. The number of hydrogen-bond donors (Lipinski definition) is 6. The Kier molecular flexibility index (Phi) is 13.8. The lowest BCUT2D eigenvalue weighted by molar-refractivity contribution is -0.117. The van der Waals surface area contributed by atoms with E-state index in [-0.39, 0.29) is 23.7 Å². The third-order valence-corrected chi connectivity index (χ3v) is 6.63. The second-order valence-corrected chi connectivity index (χ2v) is 9.62. The minimum absolute atomic E-state index is 0.0199. The standard InChI is InChI=1S/C13H18ClN3O.C11H12N4O2.C4H6N2O/c1-15-10-6-5-9(7-10)8-13(18)17-12-4-2-3-11(14)16-12;1-13-7-2-3-9-8(6-7)10(11(12)17)14-15(9)4-5-16;5-1-4(2-6)3-7/h2-4,9-10,15H,5-8H2,1H3,(H,16,17,18);2-3,5-6,13H,4H2,1H3,(H2,12,17);1-3,5H,6H2/b;;4-2+,5-1?. The van der Waals surface area contributed by atoms with Crippen LogP contribution in [0.25, 0.3) is 10.9 Å². The first-order chi connectivity index (χ1) is 20.2. The van der Waals surface area contributed by atoms with Gasteiger partial charge >= 0.3 is 0 Å². The molecule has 1 aliphatic rings. The number of carbonyl (C=O) groups is 4. The van der Waals surface area contributed by atoms with E-state index in [4.69, 9.17) is 28.5 Å². The molecule has 0 bridgehead atoms. The van der Waals surface area contributed by atoms with Crippen molar-refractivity contribution in [2.45, 2.75) is 38.3 Å². The van der Waals surface area contributed by atoms with Gasteiger partial charge < -0.3 is 37.6 Å². The number of aldehydes is 2. The third kappa shape index (κ3) is 10.1. The van der Waals surface area contributed by atoms with Crippen molar-refractivity contribution in [3.8, 4) is 0 Å². The molecule has 2 heterocycles. The number of allylic oxidation sites excluding steroid dienone is 1. The number of primary amides is 1. The molecule has 1 fully saturated rings. The van der Waals surface area contributed by atoms with Gasteiger partial charge in [-0.2, -0.15) is 5.10 Å². The molecule has 2 unspecified atom stereocenters. The number of halogens is 1. The van der Waals surface area contributed by atoms with Crippen LogP contribution in [0.1, 0.15) is 36.2 Å². The minimum atomic E-state index is -0.604. The fraction of sp³-hybridized carbons (Fsp3) is 0.321. The highest BCUT2D eigenvalue weighted by molar-refractivity contribution is 6.29. The molecular formula is C28H36ClN9O4. The Labute approximate surface area is 248 Å². The van der Waals surface area contributed by atoms with Crippen LogP contribution in [0.2, 0.25) is 5.15 Å². The van der Waals surface area contributed by atoms with E-state index in [0.717, 1.165) is 43.7 Å². The second-order valence-electron chi connectivity index (χ2n) is 9.23. The Morgan fingerprint density at radius 1 is 1.19 bits per heavy atom. The maximum Gasteiger partial charge on any atom is 0.269 e. The van der Waals surface area contributed by atoms with Gasteiger partial charge in [0.05, 0.1) is 12.1 Å². The molecule has 224 valence electrons. The van der Waals surface area contributed by atoms with Gasteiger partial charge in [0.25, 0.3) is 5.91 Å². The summed E-state index contributed by atoms with van der Waals surface area (Å²) in [5.74, 6) is 0.414. The molecular weight excluding hydrogens is 562 g/mol. The minimum Gasteiger partial charge on any atom is -0.404 e. The number of pyridine rings is 1. The predicted molar refractivity (Wildman–Crippen MR) is 164 cm³/mol. The Bertz CT molecular complexity index is 1410. The summed E-state index contributed by atoms with van der Waals surface area (Å²) in [6, 6.07) is 11.2. The number of carbonyl (C=O) groups excluding carboxylic acids is 4. The Morgan fingerprint density at radius 2 is 1.95 bits per heavy atom. The first kappa shape index (κ1) is 33.6. The van der Waals surface area contributed by atoms with E-state index < -0.39 is 5.91 Å². The van der Waals surface area contributed by atoms with Gasteiger partial charge in [-0.25, -0.2) is 4.98 Å². The summed E-state index contributed by atoms with van der Waals surface area (Å²) in [7, 11) is 3.75. The third-order valence-electron chi connectivity index (χ3n) is 6.42. The summed E-state index contributed by atoms with van der Waals surface area (Å²) in [6.07, 6.45) is 7.13. The first-order valence-corrected chi connectivity index (χ1v) is 13.5. The number of nitrogens with zero attached hydrogens (tertiary/aromatic N) is 3. The lowest BCUT2D eigenvalue weighted by Crippen LogP contribution is -2.22. The smallest absolute Gasteiger partial charge is 0.269 e. The zero-order valence-electron chi connectivity index (χ0n) is 23.5. The van der Waals surface area contributed by atoms with E-state index in [0.29, 0.717) is 46.5 Å². The highest BCUT2D eigenvalue weighted by Crippen LogP contribution is 2.28. The largest absolute Gasteiger partial charge is 0.404 e. The zero-order valence-corrected chi connectivity index (χ0v) is 24.2. The van der Waals surface area contributed by atoms with Crippen LogP contribution in [0, 0.1) is 11.3 Å². The highest BCUT2D eigenvalue weighted by Gasteiger charge is 2.25. The number of hydrogen-bond acceptors (Lipinski definition) is 10. The van der Waals surface area contributed by atoms with Crippen LogP contribution in [0.15, 0.2) is 48.2 Å². The topological polar surface area (TPSA) is 211 Å². The molecule has 0 radical (unpaired) electrons. The fourth-order valence-electron chi connectivity index (χ4n) is 4.30. The van der Waals surface area contributed by atoms with Crippen molar-refractivity contribution in [3.05, 3.63) is 59.0 Å². The number of anilines is 2. The van der Waals surface area contributed by atoms with Crippen LogP contribution < -0.4 is 27.4 Å². The summed E-state index contributed by atoms with van der Waals surface area (Å²) in [4.78, 5) is 47.4. The molecule has 1 aliphatic carbocycles. The summed E-state index contributed by atoms with van der Waals surface area (Å²) < 4.78 is 1.46. The molecule has 4 rings (SSSR count). The molecule has 0 aliphatic heterocycles. The monoisotopic (exact) mass is 597 g/mol. The normalized spacial score (nSPS) is 15.8. The average Bonchev–Trinajstić information content (AvgIpc) is 3.59. The molecule has 14 heteroatoms. The van der Waals surface area contributed by atoms with E-state index in [1.165, 1.54) is 4.68 Å². The van der Waals surface area contributed by atoms with Gasteiger partial charge in [0.15, 0.2) is 12.0 Å². The van der Waals surface area contributed by atoms with Gasteiger partial charge in [-0.1, -0.05) is 17.7 Å². The maximum atomic E-state index is 11.9. The summed E-state index contributed by atoms with van der Waals surface area (Å²) in [5, 5.41) is 20.5. The summed E-state index contributed by atoms with van der Waals surface area (Å²) >= 11 is 5.77. The second kappa shape index (κ2) is 17.3. The van der Waals surface area contributed by atoms with Gasteiger partial charge in [0, 0.05) is 48.6 Å². The molecule has 2 aromatic heterocycles. The van der Waals surface area contributed by atoms with E-state index in [9.17, 15) is 19.2 Å². The molecule has 1 saturated carbocycles. The number of nitrogens with one attached hydrogen (secondary N) is 4. The molecule has 1 aromatic carbocycles. The number of aromatic nitrogens is 3. The van der Waals surface area contributed by atoms with E-state index >= 15 is 0 Å². The van der Waals surface area contributed by atoms with Crippen LogP contribution in [-0.2, 0) is 20.9 Å². The van der Waals surface area contributed by atoms with Gasteiger partial charge in [-0.3, -0.25) is 19.1 Å². The van der Waals surface area contributed by atoms with Crippen molar-refractivity contribution in [1.29, 1.82) is 5.41 Å². The first-order valence-electron chi connectivity index (χ1n) is 13.1. The van der Waals surface area contributed by atoms with Crippen LogP contribution >= 0.6 is 11.6 Å². The van der Waals surface area contributed by atoms with Crippen molar-refractivity contribution in [2.24, 2.45) is 17.4 Å². The number of nitrogens with two attached hydrogens (primary N) is 2. The SMILES string of the molecule is CNC1CCC(CC(=O)Nc2cccc(Cl)n2)C1.CNc1ccc2c(c1)c(C(N)=O)nn2CC=O.N=C/C(C=O)=C\N. The van der Waals surface area contributed by atoms with Crippen molar-refractivity contribution >= 4 is 64.6 Å². The summed E-state index contributed by atoms with van der Waals surface area (Å²) in [5.41, 5.74) is 12.0. The van der Waals surface area contributed by atoms with E-state index in [2.05, 4.69) is 26.0 Å². The molecule has 2 amide bonds. The molecule has 8 N–H and O–H groups in total. The molecule has 3 aromatic rings. The lowest BCUT2D eigenvalue weighted by atomic mass is 10.0. The quantitative estimate of drug-likeness (QED) is 0.0875. The molecule has 42 heavy (non-hydrogen) atoms. The zero-order chi connectivity index (χ0) is 31.1. The van der Waals surface area contributed by atoms with Crippen LogP contribution in [-0.4, -0.2) is 65.5 Å². The molecule has 0 saturated heterocycles. The van der Waals surface area contributed by atoms with Crippen molar-refractivity contribution < 1.29 is 19.2 Å². The number of rotatable bonds is 10. The molecule has 0 spiro atoms. The lowest BCUT2D eigenvalue weighted by Gasteiger charge is -2.10. The van der Waals surface area contributed by atoms with Crippen LogP contribution in [0.3, 0.4) is 0 Å². The van der Waals surface area contributed by atoms with Gasteiger partial charge in [-0.05, 0) is 62.6 Å². The fourth-order valence-corrected chi connectivity index (χ4v) is 4.47. The Morgan fingerprint density at radius 3 is 2.48 bits per heavy atom. The van der Waals surface area contributed by atoms with Crippen LogP contribution in [0.4, 0.5) is 11.5 Å². The molecule has 2 atom stereocenters. The van der Waals surface area contributed by atoms with Crippen LogP contribution in [0.5, 0.6) is 0 Å². The van der Waals surface area contributed by atoms with Crippen molar-refractivity contribution in [3.63, 3.8) is 0 Å². The summed E-state index contributed by atoms with van der Waals surface area (Å²) in [6.45, 7) is 0.0999. The number of benzene rings is 1. The van der Waals surface area contributed by atoms with E-state index in [1.54, 1.807) is 37.4 Å². The molecule has 13 nitrogen and oxygen atoms in total. The number of amides is 2. The van der Waals surface area contributed by atoms with Gasteiger partial charge in [-0.15, -0.1) is 0 Å². The van der Waals surface area contributed by atoms with Crippen molar-refractivity contribution in [1.82, 2.24) is 20.1 Å². The Balaban J connectivity index is 0.000000241. The van der Waals surface area contributed by atoms with E-state index in [1.807, 2.05) is 13.1 Å². The average molecular weight is 598 g/mol. The highest BCUT2D eigenvalue weighted by atomic mass is 35.5. The van der Waals surface area contributed by atoms with Gasteiger partial charge in [0.1, 0.15) is 17.3 Å².